The summed E-state index contributed by atoms with van der Waals surface area (Å²) in [6.07, 6.45) is 0. The maximum atomic E-state index is 10.9. The second kappa shape index (κ2) is 4.61. The largest absolute Gasteiger partial charge is 0.493 e. The molecule has 0 fully saturated rings. The van der Waals surface area contributed by atoms with Crippen LogP contribution in [0.3, 0.4) is 0 Å². The summed E-state index contributed by atoms with van der Waals surface area (Å²) in [4.78, 5) is 20.9. The van der Waals surface area contributed by atoms with Crippen molar-refractivity contribution in [2.75, 3.05) is 6.61 Å². The Morgan fingerprint density at radius 3 is 2.62 bits per heavy atom. The Labute approximate surface area is 91.6 Å². The molecule has 0 amide bonds. The summed E-state index contributed by atoms with van der Waals surface area (Å²) in [5, 5.41) is 19.5. The highest BCUT2D eigenvalue weighted by molar-refractivity contribution is 5.92. The number of nitrogens with zero attached hydrogens (tertiary/aromatic N) is 1. The summed E-state index contributed by atoms with van der Waals surface area (Å²) in [7, 11) is 0. The van der Waals surface area contributed by atoms with Gasteiger partial charge in [0.25, 0.3) is 5.69 Å². The van der Waals surface area contributed by atoms with E-state index in [1.807, 2.05) is 0 Å². The van der Waals surface area contributed by atoms with Crippen LogP contribution >= 0.6 is 0 Å². The summed E-state index contributed by atoms with van der Waals surface area (Å²) in [5.74, 6) is -1.09. The fourth-order valence-electron chi connectivity index (χ4n) is 1.31. The molecule has 0 bridgehead atoms. The number of aromatic carboxylic acids is 1. The number of carboxylic acid groups (broad SMARTS) is 1. The first-order valence-electron chi connectivity index (χ1n) is 4.62. The Kier molecular flexibility index (Phi) is 3.44. The van der Waals surface area contributed by atoms with E-state index in [0.717, 1.165) is 6.07 Å². The van der Waals surface area contributed by atoms with Crippen molar-refractivity contribution in [2.45, 2.75) is 13.8 Å². The third-order valence-corrected chi connectivity index (χ3v) is 2.03. The number of nitro benzene ring substituents is 1. The zero-order valence-corrected chi connectivity index (χ0v) is 8.89. The van der Waals surface area contributed by atoms with Crippen molar-refractivity contribution in [1.82, 2.24) is 0 Å². The number of rotatable bonds is 4. The predicted molar refractivity (Wildman–Crippen MR) is 56.0 cm³/mol. The highest BCUT2D eigenvalue weighted by Gasteiger charge is 2.19. The van der Waals surface area contributed by atoms with Gasteiger partial charge < -0.3 is 9.84 Å². The smallest absolute Gasteiger partial charge is 0.339 e. The molecule has 0 aliphatic carbocycles. The quantitative estimate of drug-likeness (QED) is 0.625. The van der Waals surface area contributed by atoms with Crippen LogP contribution < -0.4 is 4.74 Å². The minimum absolute atomic E-state index is 0.151. The van der Waals surface area contributed by atoms with Crippen LogP contribution in [0.4, 0.5) is 5.69 Å². The normalized spacial score (nSPS) is 9.88. The Morgan fingerprint density at radius 1 is 1.56 bits per heavy atom. The molecule has 86 valence electrons. The van der Waals surface area contributed by atoms with Crippen molar-refractivity contribution < 1.29 is 19.6 Å². The average molecular weight is 225 g/mol. The second-order valence-corrected chi connectivity index (χ2v) is 3.13. The monoisotopic (exact) mass is 225 g/mol. The lowest BCUT2D eigenvalue weighted by molar-refractivity contribution is -0.385. The van der Waals surface area contributed by atoms with Gasteiger partial charge in [-0.1, -0.05) is 0 Å². The first-order chi connectivity index (χ1) is 7.47. The lowest BCUT2D eigenvalue weighted by Crippen LogP contribution is -2.05. The van der Waals surface area contributed by atoms with Gasteiger partial charge in [0.15, 0.2) is 0 Å². The highest BCUT2D eigenvalue weighted by Crippen LogP contribution is 2.28. The van der Waals surface area contributed by atoms with Gasteiger partial charge in [-0.05, 0) is 19.9 Å². The molecule has 0 aliphatic heterocycles. The number of ether oxygens (including phenoxy) is 1. The zero-order chi connectivity index (χ0) is 12.3. The van der Waals surface area contributed by atoms with Gasteiger partial charge in [0.2, 0.25) is 0 Å². The molecular formula is C10H11NO5. The van der Waals surface area contributed by atoms with Gasteiger partial charge in [-0.25, -0.2) is 4.79 Å². The molecule has 0 saturated heterocycles. The summed E-state index contributed by atoms with van der Waals surface area (Å²) < 4.78 is 5.11. The van der Waals surface area contributed by atoms with Gasteiger partial charge in [-0.2, -0.15) is 0 Å². The van der Waals surface area contributed by atoms with Crippen LogP contribution in [-0.4, -0.2) is 22.6 Å². The minimum atomic E-state index is -1.24. The van der Waals surface area contributed by atoms with Gasteiger partial charge in [-0.15, -0.1) is 0 Å². The standard InChI is InChI=1S/C10H11NO5/c1-3-16-9-4-6(2)8(11(14)15)5-7(9)10(12)13/h4-5H,3H2,1-2H3,(H,12,13). The average Bonchev–Trinajstić information content (AvgIpc) is 2.17. The van der Waals surface area contributed by atoms with Crippen LogP contribution in [0.1, 0.15) is 22.8 Å². The van der Waals surface area contributed by atoms with Gasteiger partial charge >= 0.3 is 5.97 Å². The topological polar surface area (TPSA) is 89.7 Å². The molecule has 6 heteroatoms. The number of benzene rings is 1. The third kappa shape index (κ3) is 2.28. The molecule has 0 aromatic heterocycles. The van der Waals surface area contributed by atoms with Crippen molar-refractivity contribution in [3.05, 3.63) is 33.4 Å². The van der Waals surface area contributed by atoms with Crippen molar-refractivity contribution >= 4 is 11.7 Å². The number of nitro groups is 1. The first kappa shape index (κ1) is 12.0. The van der Waals surface area contributed by atoms with E-state index in [1.54, 1.807) is 6.92 Å². The number of aryl methyl sites for hydroxylation is 1. The summed E-state index contributed by atoms with van der Waals surface area (Å²) in [6.45, 7) is 3.55. The number of carbonyl (C=O) groups is 1. The van der Waals surface area contributed by atoms with Crippen LogP contribution in [0.2, 0.25) is 0 Å². The van der Waals surface area contributed by atoms with E-state index >= 15 is 0 Å². The molecule has 1 aromatic carbocycles. The lowest BCUT2D eigenvalue weighted by atomic mass is 10.1. The molecule has 0 spiro atoms. The van der Waals surface area contributed by atoms with Crippen molar-refractivity contribution in [2.24, 2.45) is 0 Å². The maximum Gasteiger partial charge on any atom is 0.339 e. The van der Waals surface area contributed by atoms with Crippen LogP contribution in [0.25, 0.3) is 0 Å². The third-order valence-electron chi connectivity index (χ3n) is 2.03. The maximum absolute atomic E-state index is 10.9. The molecule has 0 unspecified atom stereocenters. The SMILES string of the molecule is CCOc1cc(C)c([N+](=O)[O-])cc1C(=O)O. The molecule has 0 radical (unpaired) electrons. The Hall–Kier alpha value is -2.11. The van der Waals surface area contributed by atoms with Gasteiger partial charge in [-0.3, -0.25) is 10.1 Å². The van der Waals surface area contributed by atoms with E-state index in [4.69, 9.17) is 9.84 Å². The molecule has 0 atom stereocenters. The van der Waals surface area contributed by atoms with Crippen LogP contribution in [0, 0.1) is 17.0 Å². The molecule has 1 N–H and O–H groups in total. The van der Waals surface area contributed by atoms with E-state index < -0.39 is 10.9 Å². The predicted octanol–water partition coefficient (Wildman–Crippen LogP) is 2.00. The molecule has 0 heterocycles. The fourth-order valence-corrected chi connectivity index (χ4v) is 1.31. The van der Waals surface area contributed by atoms with E-state index in [-0.39, 0.29) is 17.0 Å². The molecule has 1 rings (SSSR count). The van der Waals surface area contributed by atoms with Crippen molar-refractivity contribution in [1.29, 1.82) is 0 Å². The van der Waals surface area contributed by atoms with Gasteiger partial charge in [0.05, 0.1) is 11.5 Å². The number of hydrogen-bond donors (Lipinski definition) is 1. The summed E-state index contributed by atoms with van der Waals surface area (Å²) in [6, 6.07) is 2.38. The van der Waals surface area contributed by atoms with E-state index in [2.05, 4.69) is 0 Å². The first-order valence-corrected chi connectivity index (χ1v) is 4.62. The van der Waals surface area contributed by atoms with Gasteiger partial charge in [0, 0.05) is 11.6 Å². The summed E-state index contributed by atoms with van der Waals surface area (Å²) in [5.41, 5.74) is -0.0431. The van der Waals surface area contributed by atoms with Crippen LogP contribution in [-0.2, 0) is 0 Å². The molecule has 0 saturated carbocycles. The van der Waals surface area contributed by atoms with Crippen molar-refractivity contribution in [3.8, 4) is 5.75 Å². The molecule has 0 aliphatic rings. The number of hydrogen-bond acceptors (Lipinski definition) is 4. The molecular weight excluding hydrogens is 214 g/mol. The summed E-state index contributed by atoms with van der Waals surface area (Å²) >= 11 is 0. The highest BCUT2D eigenvalue weighted by atomic mass is 16.6. The lowest BCUT2D eigenvalue weighted by Gasteiger charge is -2.08. The zero-order valence-electron chi connectivity index (χ0n) is 8.89. The molecule has 6 nitrogen and oxygen atoms in total. The number of carboxylic acids is 1. The minimum Gasteiger partial charge on any atom is -0.493 e. The Balaban J connectivity index is 3.36. The van der Waals surface area contributed by atoms with Crippen molar-refractivity contribution in [3.63, 3.8) is 0 Å². The van der Waals surface area contributed by atoms with E-state index in [0.29, 0.717) is 12.2 Å². The van der Waals surface area contributed by atoms with E-state index in [9.17, 15) is 14.9 Å². The second-order valence-electron chi connectivity index (χ2n) is 3.13. The van der Waals surface area contributed by atoms with Crippen LogP contribution in [0.5, 0.6) is 5.75 Å². The van der Waals surface area contributed by atoms with Crippen LogP contribution in [0.15, 0.2) is 12.1 Å². The Morgan fingerprint density at radius 2 is 2.19 bits per heavy atom. The molecule has 1 aromatic rings. The van der Waals surface area contributed by atoms with E-state index in [1.165, 1.54) is 13.0 Å². The fraction of sp³-hybridized carbons (Fsp3) is 0.300. The van der Waals surface area contributed by atoms with Gasteiger partial charge in [0.1, 0.15) is 11.3 Å². The Bertz CT molecular complexity index is 441. The molecule has 16 heavy (non-hydrogen) atoms.